The molecule has 106 valence electrons. The zero-order valence-corrected chi connectivity index (χ0v) is 13.7. The second-order valence-corrected chi connectivity index (χ2v) is 7.83. The van der Waals surface area contributed by atoms with Gasteiger partial charge in [0, 0.05) is 17.1 Å². The topological polar surface area (TPSA) is 46.6 Å². The highest BCUT2D eigenvalue weighted by Crippen LogP contribution is 2.34. The van der Waals surface area contributed by atoms with E-state index in [1.165, 1.54) is 7.11 Å². The molecule has 1 saturated heterocycles. The molecule has 0 bridgehead atoms. The first-order chi connectivity index (χ1) is 8.86. The van der Waals surface area contributed by atoms with Crippen LogP contribution in [0.25, 0.3) is 0 Å². The Hall–Kier alpha value is -0.590. The molecule has 1 aliphatic rings. The molecule has 1 fully saturated rings. The number of nitrogens with zero attached hydrogens (tertiary/aromatic N) is 1. The highest BCUT2D eigenvalue weighted by atomic mass is 79.9. The van der Waals surface area contributed by atoms with E-state index in [0.29, 0.717) is 18.2 Å². The van der Waals surface area contributed by atoms with Gasteiger partial charge in [-0.3, -0.25) is 0 Å². The minimum absolute atomic E-state index is 0.0312. The van der Waals surface area contributed by atoms with Crippen molar-refractivity contribution in [2.75, 3.05) is 13.7 Å². The second kappa shape index (κ2) is 5.42. The minimum atomic E-state index is -3.51. The van der Waals surface area contributed by atoms with Crippen molar-refractivity contribution in [3.8, 4) is 5.75 Å². The van der Waals surface area contributed by atoms with Crippen LogP contribution in [0, 0.1) is 5.92 Å². The lowest BCUT2D eigenvalue weighted by Gasteiger charge is -2.22. The van der Waals surface area contributed by atoms with Crippen LogP contribution in [0.3, 0.4) is 0 Å². The van der Waals surface area contributed by atoms with Crippen LogP contribution in [0.5, 0.6) is 5.75 Å². The highest BCUT2D eigenvalue weighted by molar-refractivity contribution is 9.10. The predicted molar refractivity (Wildman–Crippen MR) is 77.8 cm³/mol. The number of halogens is 1. The second-order valence-electron chi connectivity index (χ2n) is 5.06. The quantitative estimate of drug-likeness (QED) is 0.844. The number of methoxy groups -OCH3 is 1. The Balaban J connectivity index is 2.48. The first-order valence-corrected chi connectivity index (χ1v) is 8.45. The van der Waals surface area contributed by atoms with E-state index in [1.807, 2.05) is 6.92 Å². The van der Waals surface area contributed by atoms with Crippen LogP contribution in [0.4, 0.5) is 0 Å². The van der Waals surface area contributed by atoms with Crippen molar-refractivity contribution < 1.29 is 13.2 Å². The largest absolute Gasteiger partial charge is 0.495 e. The molecular formula is C13H18BrNO3S. The molecule has 0 amide bonds. The number of hydrogen-bond acceptors (Lipinski definition) is 3. The van der Waals surface area contributed by atoms with Crippen molar-refractivity contribution >= 4 is 26.0 Å². The number of rotatable bonds is 3. The summed E-state index contributed by atoms with van der Waals surface area (Å²) in [7, 11) is -2.02. The maximum atomic E-state index is 12.7. The first kappa shape index (κ1) is 14.8. The lowest BCUT2D eigenvalue weighted by atomic mass is 10.1. The Kier molecular flexibility index (Phi) is 4.23. The molecule has 2 atom stereocenters. The Morgan fingerprint density at radius 3 is 2.58 bits per heavy atom. The summed E-state index contributed by atoms with van der Waals surface area (Å²) in [6, 6.07) is 5.07. The maximum Gasteiger partial charge on any atom is 0.247 e. The molecular weight excluding hydrogens is 330 g/mol. The van der Waals surface area contributed by atoms with E-state index in [0.717, 1.165) is 10.9 Å². The molecule has 0 saturated carbocycles. The van der Waals surface area contributed by atoms with Crippen LogP contribution in [0.1, 0.15) is 20.3 Å². The Bertz CT molecular complexity index is 573. The van der Waals surface area contributed by atoms with E-state index < -0.39 is 10.0 Å². The molecule has 1 aliphatic heterocycles. The van der Waals surface area contributed by atoms with Crippen LogP contribution in [-0.2, 0) is 10.0 Å². The van der Waals surface area contributed by atoms with E-state index in [4.69, 9.17) is 4.74 Å². The molecule has 0 radical (unpaired) electrons. The SMILES string of the molecule is COc1ccc(Br)cc1S(=O)(=O)N1CC(C)CC1C. The Morgan fingerprint density at radius 1 is 1.37 bits per heavy atom. The van der Waals surface area contributed by atoms with Gasteiger partial charge in [-0.05, 0) is 37.5 Å². The number of ether oxygens (including phenoxy) is 1. The third kappa shape index (κ3) is 2.80. The van der Waals surface area contributed by atoms with Gasteiger partial charge in [0.15, 0.2) is 0 Å². The number of benzene rings is 1. The summed E-state index contributed by atoms with van der Waals surface area (Å²) in [6.07, 6.45) is 0.898. The van der Waals surface area contributed by atoms with Crippen LogP contribution in [-0.4, -0.2) is 32.4 Å². The third-order valence-electron chi connectivity index (χ3n) is 3.44. The molecule has 4 nitrogen and oxygen atoms in total. The minimum Gasteiger partial charge on any atom is -0.495 e. The van der Waals surface area contributed by atoms with Gasteiger partial charge in [-0.15, -0.1) is 0 Å². The molecule has 1 heterocycles. The molecule has 19 heavy (non-hydrogen) atoms. The smallest absolute Gasteiger partial charge is 0.247 e. The summed E-state index contributed by atoms with van der Waals surface area (Å²) in [5.41, 5.74) is 0. The molecule has 6 heteroatoms. The van der Waals surface area contributed by atoms with E-state index in [1.54, 1.807) is 22.5 Å². The van der Waals surface area contributed by atoms with Gasteiger partial charge in [0.05, 0.1) is 7.11 Å². The lowest BCUT2D eigenvalue weighted by molar-refractivity contribution is 0.385. The molecule has 0 aliphatic carbocycles. The van der Waals surface area contributed by atoms with Crippen molar-refractivity contribution in [1.29, 1.82) is 0 Å². The fraction of sp³-hybridized carbons (Fsp3) is 0.538. The van der Waals surface area contributed by atoms with Crippen LogP contribution in [0.15, 0.2) is 27.6 Å². The Morgan fingerprint density at radius 2 is 2.05 bits per heavy atom. The molecule has 0 aromatic heterocycles. The predicted octanol–water partition coefficient (Wildman–Crippen LogP) is 2.88. The zero-order chi connectivity index (χ0) is 14.2. The van der Waals surface area contributed by atoms with Gasteiger partial charge < -0.3 is 4.74 Å². The molecule has 1 aromatic rings. The van der Waals surface area contributed by atoms with E-state index in [-0.39, 0.29) is 10.9 Å². The summed E-state index contributed by atoms with van der Waals surface area (Å²) >= 11 is 3.32. The summed E-state index contributed by atoms with van der Waals surface area (Å²) in [5.74, 6) is 0.776. The summed E-state index contributed by atoms with van der Waals surface area (Å²) in [5, 5.41) is 0. The van der Waals surface area contributed by atoms with Gasteiger partial charge >= 0.3 is 0 Å². The molecule has 2 rings (SSSR count). The van der Waals surface area contributed by atoms with Crippen molar-refractivity contribution in [2.45, 2.75) is 31.2 Å². The lowest BCUT2D eigenvalue weighted by Crippen LogP contribution is -2.34. The van der Waals surface area contributed by atoms with Gasteiger partial charge in [-0.1, -0.05) is 22.9 Å². The van der Waals surface area contributed by atoms with Gasteiger partial charge in [0.1, 0.15) is 10.6 Å². The molecule has 0 spiro atoms. The van der Waals surface area contributed by atoms with Crippen molar-refractivity contribution in [3.05, 3.63) is 22.7 Å². The normalized spacial score (nSPS) is 24.6. The first-order valence-electron chi connectivity index (χ1n) is 6.21. The monoisotopic (exact) mass is 347 g/mol. The van der Waals surface area contributed by atoms with Gasteiger partial charge in [-0.2, -0.15) is 4.31 Å². The van der Waals surface area contributed by atoms with Crippen LogP contribution >= 0.6 is 15.9 Å². The fourth-order valence-electron chi connectivity index (χ4n) is 2.58. The van der Waals surface area contributed by atoms with Gasteiger partial charge in [-0.25, -0.2) is 8.42 Å². The van der Waals surface area contributed by atoms with Gasteiger partial charge in [0.2, 0.25) is 10.0 Å². The van der Waals surface area contributed by atoms with Gasteiger partial charge in [0.25, 0.3) is 0 Å². The zero-order valence-electron chi connectivity index (χ0n) is 11.3. The number of hydrogen-bond donors (Lipinski definition) is 0. The summed E-state index contributed by atoms with van der Waals surface area (Å²) in [4.78, 5) is 0.227. The van der Waals surface area contributed by atoms with Crippen molar-refractivity contribution in [1.82, 2.24) is 4.31 Å². The van der Waals surface area contributed by atoms with E-state index in [9.17, 15) is 8.42 Å². The van der Waals surface area contributed by atoms with Crippen LogP contribution < -0.4 is 4.74 Å². The maximum absolute atomic E-state index is 12.7. The molecule has 1 aromatic carbocycles. The molecule has 0 N–H and O–H groups in total. The third-order valence-corrected chi connectivity index (χ3v) is 5.93. The fourth-order valence-corrected chi connectivity index (χ4v) is 5.03. The standard InChI is InChI=1S/C13H18BrNO3S/c1-9-6-10(2)15(8-9)19(16,17)13-7-11(14)4-5-12(13)18-3/h4-5,7,9-10H,6,8H2,1-3H3. The van der Waals surface area contributed by atoms with E-state index in [2.05, 4.69) is 22.9 Å². The average molecular weight is 348 g/mol. The molecule has 2 unspecified atom stereocenters. The highest BCUT2D eigenvalue weighted by Gasteiger charge is 2.37. The van der Waals surface area contributed by atoms with Crippen molar-refractivity contribution in [2.24, 2.45) is 5.92 Å². The van der Waals surface area contributed by atoms with Crippen molar-refractivity contribution in [3.63, 3.8) is 0 Å². The van der Waals surface area contributed by atoms with E-state index >= 15 is 0 Å². The summed E-state index contributed by atoms with van der Waals surface area (Å²) in [6.45, 7) is 4.59. The average Bonchev–Trinajstić information content (AvgIpc) is 2.69. The summed E-state index contributed by atoms with van der Waals surface area (Å²) < 4.78 is 33.0. The van der Waals surface area contributed by atoms with Crippen LogP contribution in [0.2, 0.25) is 0 Å². The number of sulfonamides is 1. The Labute approximate surface area is 122 Å².